The molecule has 0 saturated heterocycles. The molecule has 1 aliphatic heterocycles. The van der Waals surface area contributed by atoms with Crippen LogP contribution < -0.4 is 0 Å². The Morgan fingerprint density at radius 3 is 2.37 bits per heavy atom. The van der Waals surface area contributed by atoms with Crippen molar-refractivity contribution in [3.8, 4) is 0 Å². The average Bonchev–Trinajstić information content (AvgIpc) is 2.70. The third-order valence-corrected chi connectivity index (χ3v) is 2.54. The number of rotatable bonds is 2. The number of ether oxygens (including phenoxy) is 1. The molecule has 0 bridgehead atoms. The zero-order chi connectivity index (χ0) is 14.2. The predicted octanol–water partition coefficient (Wildman–Crippen LogP) is 2.14. The molecule has 0 saturated carbocycles. The normalized spacial score (nSPS) is 19.1. The van der Waals surface area contributed by atoms with E-state index in [0.717, 1.165) is 0 Å². The summed E-state index contributed by atoms with van der Waals surface area (Å²) in [6.07, 6.45) is -5.14. The highest BCUT2D eigenvalue weighted by molar-refractivity contribution is 6.30. The van der Waals surface area contributed by atoms with Crippen molar-refractivity contribution in [2.75, 3.05) is 0 Å². The molecule has 0 radical (unpaired) electrons. The highest BCUT2D eigenvalue weighted by Crippen LogP contribution is 2.24. The molecular weight excluding hydrogens is 287 g/mol. The lowest BCUT2D eigenvalue weighted by Gasteiger charge is -2.05. The zero-order valence-corrected chi connectivity index (χ0v) is 9.83. The largest absolute Gasteiger partial charge is 0.452 e. The highest BCUT2D eigenvalue weighted by atomic mass is 35.5. The molecule has 0 fully saturated rings. The minimum Gasteiger partial charge on any atom is -0.405 e. The highest BCUT2D eigenvalue weighted by Gasteiger charge is 2.49. The van der Waals surface area contributed by atoms with Gasteiger partial charge < -0.3 is 4.74 Å². The van der Waals surface area contributed by atoms with Gasteiger partial charge in [-0.05, 0) is 24.3 Å². The number of hydrogen-bond donors (Lipinski definition) is 0. The number of hydrogen-bond acceptors (Lipinski definition) is 4. The standard InChI is InChI=1S/C11H5ClF3NO3/c12-6-3-1-5(2-4-6)9-16-7(10(18)19-9)8(17)11(13,14)15/h1-4,7H. The molecule has 1 aliphatic rings. The van der Waals surface area contributed by atoms with Gasteiger partial charge in [0, 0.05) is 10.6 Å². The Labute approximate surface area is 109 Å². The molecule has 8 heteroatoms. The van der Waals surface area contributed by atoms with Crippen molar-refractivity contribution in [2.24, 2.45) is 4.99 Å². The van der Waals surface area contributed by atoms with Gasteiger partial charge in [-0.1, -0.05) is 11.6 Å². The third-order valence-electron chi connectivity index (χ3n) is 2.29. The van der Waals surface area contributed by atoms with Crippen LogP contribution in [0.1, 0.15) is 5.56 Å². The van der Waals surface area contributed by atoms with E-state index in [0.29, 0.717) is 5.02 Å². The van der Waals surface area contributed by atoms with Crippen molar-refractivity contribution < 1.29 is 27.5 Å². The molecule has 19 heavy (non-hydrogen) atoms. The van der Waals surface area contributed by atoms with E-state index in [9.17, 15) is 22.8 Å². The Kier molecular flexibility index (Phi) is 3.32. The number of benzene rings is 1. The number of carbonyl (C=O) groups is 2. The Balaban J connectivity index is 2.29. The SMILES string of the molecule is O=C1OC(c2ccc(Cl)cc2)=NC1C(=O)C(F)(F)F. The Morgan fingerprint density at radius 2 is 1.84 bits per heavy atom. The summed E-state index contributed by atoms with van der Waals surface area (Å²) < 4.78 is 41.2. The summed E-state index contributed by atoms with van der Waals surface area (Å²) in [5.74, 6) is -3.92. The fourth-order valence-electron chi connectivity index (χ4n) is 1.39. The van der Waals surface area contributed by atoms with Crippen LogP contribution in [-0.2, 0) is 14.3 Å². The summed E-state index contributed by atoms with van der Waals surface area (Å²) >= 11 is 5.64. The van der Waals surface area contributed by atoms with Crippen LogP contribution in [0.3, 0.4) is 0 Å². The molecule has 1 heterocycles. The molecule has 0 spiro atoms. The van der Waals surface area contributed by atoms with Gasteiger partial charge in [0.15, 0.2) is 0 Å². The van der Waals surface area contributed by atoms with Gasteiger partial charge in [-0.25, -0.2) is 9.79 Å². The topological polar surface area (TPSA) is 55.7 Å². The molecule has 0 aliphatic carbocycles. The van der Waals surface area contributed by atoms with E-state index in [1.165, 1.54) is 24.3 Å². The molecule has 100 valence electrons. The van der Waals surface area contributed by atoms with E-state index in [1.54, 1.807) is 0 Å². The van der Waals surface area contributed by atoms with Crippen LogP contribution in [0, 0.1) is 0 Å². The number of alkyl halides is 3. The first kappa shape index (κ1) is 13.5. The smallest absolute Gasteiger partial charge is 0.405 e. The van der Waals surface area contributed by atoms with Gasteiger partial charge >= 0.3 is 12.1 Å². The second-order valence-corrected chi connectivity index (χ2v) is 4.06. The van der Waals surface area contributed by atoms with Crippen LogP contribution in [0.4, 0.5) is 13.2 Å². The molecule has 1 atom stereocenters. The van der Waals surface area contributed by atoms with Gasteiger partial charge in [0.05, 0.1) is 0 Å². The lowest BCUT2D eigenvalue weighted by molar-refractivity contribution is -0.174. The number of esters is 1. The van der Waals surface area contributed by atoms with Gasteiger partial charge in [0.2, 0.25) is 11.9 Å². The van der Waals surface area contributed by atoms with Crippen LogP contribution >= 0.6 is 11.6 Å². The number of nitrogens with zero attached hydrogens (tertiary/aromatic N) is 1. The van der Waals surface area contributed by atoms with Crippen molar-refractivity contribution >= 4 is 29.3 Å². The number of Topliss-reactive ketones (excluding diaryl/α,β-unsaturated/α-hetero) is 1. The zero-order valence-electron chi connectivity index (χ0n) is 9.07. The van der Waals surface area contributed by atoms with E-state index >= 15 is 0 Å². The number of aliphatic imine (C=N–C) groups is 1. The number of halogens is 4. The molecule has 2 rings (SSSR count). The fourth-order valence-corrected chi connectivity index (χ4v) is 1.52. The molecule has 0 N–H and O–H groups in total. The van der Waals surface area contributed by atoms with Crippen molar-refractivity contribution in [3.63, 3.8) is 0 Å². The summed E-state index contributed by atoms with van der Waals surface area (Å²) in [6.45, 7) is 0. The van der Waals surface area contributed by atoms with Crippen LogP contribution in [0.25, 0.3) is 0 Å². The first-order chi connectivity index (χ1) is 8.79. The van der Waals surface area contributed by atoms with Gasteiger partial charge in [-0.2, -0.15) is 13.2 Å². The van der Waals surface area contributed by atoms with Gasteiger partial charge in [-0.3, -0.25) is 4.79 Å². The van der Waals surface area contributed by atoms with Crippen LogP contribution in [0.15, 0.2) is 29.3 Å². The summed E-state index contributed by atoms with van der Waals surface area (Å²) in [4.78, 5) is 25.6. The third kappa shape index (κ3) is 2.76. The number of ketones is 1. The Morgan fingerprint density at radius 1 is 1.26 bits per heavy atom. The summed E-state index contributed by atoms with van der Waals surface area (Å²) in [5.41, 5.74) is 0.259. The summed E-state index contributed by atoms with van der Waals surface area (Å²) in [6, 6.07) is 3.54. The number of carbonyl (C=O) groups excluding carboxylic acids is 2. The van der Waals surface area contributed by atoms with Gasteiger partial charge in [0.1, 0.15) is 0 Å². The van der Waals surface area contributed by atoms with E-state index in [4.69, 9.17) is 11.6 Å². The van der Waals surface area contributed by atoms with Crippen LogP contribution in [0.5, 0.6) is 0 Å². The van der Waals surface area contributed by atoms with Crippen molar-refractivity contribution in [2.45, 2.75) is 12.2 Å². The van der Waals surface area contributed by atoms with Crippen LogP contribution in [0.2, 0.25) is 5.02 Å². The van der Waals surface area contributed by atoms with Crippen molar-refractivity contribution in [1.29, 1.82) is 0 Å². The van der Waals surface area contributed by atoms with Crippen LogP contribution in [-0.4, -0.2) is 29.9 Å². The van der Waals surface area contributed by atoms with E-state index in [-0.39, 0.29) is 11.5 Å². The second kappa shape index (κ2) is 4.65. The monoisotopic (exact) mass is 291 g/mol. The predicted molar refractivity (Wildman–Crippen MR) is 58.9 cm³/mol. The maximum absolute atomic E-state index is 12.2. The molecular formula is C11H5ClF3NO3. The quantitative estimate of drug-likeness (QED) is 0.620. The first-order valence-electron chi connectivity index (χ1n) is 4.95. The average molecular weight is 292 g/mol. The molecule has 1 aromatic rings. The van der Waals surface area contributed by atoms with Crippen molar-refractivity contribution in [3.05, 3.63) is 34.9 Å². The molecule has 0 amide bonds. The van der Waals surface area contributed by atoms with Gasteiger partial charge in [-0.15, -0.1) is 0 Å². The first-order valence-corrected chi connectivity index (χ1v) is 5.33. The van der Waals surface area contributed by atoms with Crippen molar-refractivity contribution in [1.82, 2.24) is 0 Å². The number of cyclic esters (lactones) is 1. The molecule has 4 nitrogen and oxygen atoms in total. The lowest BCUT2D eigenvalue weighted by atomic mass is 10.2. The molecule has 1 unspecified atom stereocenters. The van der Waals surface area contributed by atoms with E-state index in [2.05, 4.69) is 9.73 Å². The summed E-state index contributed by atoms with van der Waals surface area (Å²) in [5, 5.41) is 0.400. The van der Waals surface area contributed by atoms with E-state index < -0.39 is 24.0 Å². The summed E-state index contributed by atoms with van der Waals surface area (Å²) in [7, 11) is 0. The minimum absolute atomic E-state index is 0.259. The second-order valence-electron chi connectivity index (χ2n) is 3.63. The lowest BCUT2D eigenvalue weighted by Crippen LogP contribution is -2.36. The van der Waals surface area contributed by atoms with E-state index in [1.807, 2.05) is 0 Å². The van der Waals surface area contributed by atoms with Gasteiger partial charge in [0.25, 0.3) is 5.78 Å². The molecule has 1 aromatic carbocycles. The minimum atomic E-state index is -5.14. The Hall–Kier alpha value is -1.89. The molecule has 0 aromatic heterocycles. The maximum Gasteiger partial charge on any atom is 0.452 e. The maximum atomic E-state index is 12.2. The Bertz CT molecular complexity index is 566. The fraction of sp³-hybridized carbons (Fsp3) is 0.182.